The highest BCUT2D eigenvalue weighted by atomic mass is 35.5. The summed E-state index contributed by atoms with van der Waals surface area (Å²) in [5.41, 5.74) is 2.03. The van der Waals surface area contributed by atoms with Gasteiger partial charge >= 0.3 is 0 Å². The zero-order valence-corrected chi connectivity index (χ0v) is 11.4. The number of aromatic amines is 1. The molecule has 0 fully saturated rings. The second-order valence-electron chi connectivity index (χ2n) is 4.16. The zero-order valence-electron chi connectivity index (χ0n) is 9.87. The Balaban J connectivity index is 2.27. The maximum atomic E-state index is 5.94. The molecule has 0 aliphatic rings. The molecule has 1 heterocycles. The number of imidazole rings is 1. The van der Waals surface area contributed by atoms with E-state index in [4.69, 9.17) is 28.6 Å². The monoisotopic (exact) mass is 270 g/mol. The van der Waals surface area contributed by atoms with E-state index in [2.05, 4.69) is 4.98 Å². The third-order valence-electron chi connectivity index (χ3n) is 2.50. The minimum Gasteiger partial charge on any atom is -0.377 e. The Kier molecular flexibility index (Phi) is 3.86. The van der Waals surface area contributed by atoms with Crippen molar-refractivity contribution in [2.45, 2.75) is 26.5 Å². The minimum absolute atomic E-state index is 0.240. The molecule has 0 unspecified atom stereocenters. The SMILES string of the molecule is CC(C)OCCn1c(=S)[nH]c2cc(Cl)ccc21. The van der Waals surface area contributed by atoms with Crippen LogP contribution >= 0.6 is 23.8 Å². The third-order valence-corrected chi connectivity index (χ3v) is 3.06. The van der Waals surface area contributed by atoms with E-state index >= 15 is 0 Å². The summed E-state index contributed by atoms with van der Waals surface area (Å²) in [4.78, 5) is 3.14. The number of hydrogen-bond donors (Lipinski definition) is 1. The molecule has 0 aliphatic carbocycles. The maximum Gasteiger partial charge on any atom is 0.178 e. The molecule has 1 aromatic heterocycles. The summed E-state index contributed by atoms with van der Waals surface area (Å²) in [6, 6.07) is 5.72. The highest BCUT2D eigenvalue weighted by molar-refractivity contribution is 7.71. The molecule has 2 aromatic rings. The van der Waals surface area contributed by atoms with E-state index in [-0.39, 0.29) is 6.10 Å². The lowest BCUT2D eigenvalue weighted by atomic mass is 10.3. The van der Waals surface area contributed by atoms with Crippen LogP contribution < -0.4 is 0 Å². The van der Waals surface area contributed by atoms with Crippen LogP contribution in [0.2, 0.25) is 5.02 Å². The summed E-state index contributed by atoms with van der Waals surface area (Å²) >= 11 is 11.2. The van der Waals surface area contributed by atoms with Crippen LogP contribution in [-0.2, 0) is 11.3 Å². The van der Waals surface area contributed by atoms with E-state index in [0.717, 1.165) is 17.6 Å². The average molecular weight is 271 g/mol. The van der Waals surface area contributed by atoms with Crippen molar-refractivity contribution in [1.29, 1.82) is 0 Å². The fourth-order valence-corrected chi connectivity index (χ4v) is 2.21. The van der Waals surface area contributed by atoms with Gasteiger partial charge in [-0.3, -0.25) is 0 Å². The second-order valence-corrected chi connectivity index (χ2v) is 4.99. The Morgan fingerprint density at radius 1 is 1.47 bits per heavy atom. The Morgan fingerprint density at radius 3 is 2.94 bits per heavy atom. The number of H-pyrrole nitrogens is 1. The predicted molar refractivity (Wildman–Crippen MR) is 73.2 cm³/mol. The number of ether oxygens (including phenoxy) is 1. The predicted octanol–water partition coefficient (Wildman–Crippen LogP) is 3.78. The Bertz CT molecular complexity index is 573. The number of aromatic nitrogens is 2. The molecule has 0 saturated carbocycles. The van der Waals surface area contributed by atoms with Crippen molar-refractivity contribution in [2.24, 2.45) is 0 Å². The molecule has 0 aliphatic heterocycles. The Morgan fingerprint density at radius 2 is 2.24 bits per heavy atom. The van der Waals surface area contributed by atoms with Gasteiger partial charge in [-0.2, -0.15) is 0 Å². The molecule has 92 valence electrons. The van der Waals surface area contributed by atoms with Crippen LogP contribution in [0, 0.1) is 4.77 Å². The summed E-state index contributed by atoms with van der Waals surface area (Å²) in [5, 5.41) is 0.708. The van der Waals surface area contributed by atoms with Crippen LogP contribution in [0.3, 0.4) is 0 Å². The Labute approximate surface area is 110 Å². The van der Waals surface area contributed by atoms with Gasteiger partial charge in [0.2, 0.25) is 0 Å². The third kappa shape index (κ3) is 2.89. The van der Waals surface area contributed by atoms with Crippen molar-refractivity contribution in [3.8, 4) is 0 Å². The number of nitrogens with one attached hydrogen (secondary N) is 1. The van der Waals surface area contributed by atoms with Gasteiger partial charge in [-0.05, 0) is 44.3 Å². The summed E-state index contributed by atoms with van der Waals surface area (Å²) in [6.45, 7) is 5.45. The van der Waals surface area contributed by atoms with Gasteiger partial charge in [0.05, 0.1) is 23.7 Å². The van der Waals surface area contributed by atoms with E-state index in [9.17, 15) is 0 Å². The van der Waals surface area contributed by atoms with E-state index in [0.29, 0.717) is 16.4 Å². The lowest BCUT2D eigenvalue weighted by molar-refractivity contribution is 0.0731. The normalized spacial score (nSPS) is 11.5. The fourth-order valence-electron chi connectivity index (χ4n) is 1.74. The molecule has 3 nitrogen and oxygen atoms in total. The molecule has 0 bridgehead atoms. The maximum absolute atomic E-state index is 5.94. The highest BCUT2D eigenvalue weighted by Gasteiger charge is 2.05. The number of hydrogen-bond acceptors (Lipinski definition) is 2. The number of benzene rings is 1. The summed E-state index contributed by atoms with van der Waals surface area (Å²) in [6.07, 6.45) is 0.240. The van der Waals surface area contributed by atoms with E-state index in [1.807, 2.05) is 36.6 Å². The quantitative estimate of drug-likeness (QED) is 0.857. The summed E-state index contributed by atoms with van der Waals surface area (Å²) < 4.78 is 8.27. The van der Waals surface area contributed by atoms with Crippen molar-refractivity contribution < 1.29 is 4.74 Å². The number of fused-ring (bicyclic) bond motifs is 1. The molecule has 1 N–H and O–H groups in total. The van der Waals surface area contributed by atoms with Gasteiger partial charge in [0.1, 0.15) is 0 Å². The minimum atomic E-state index is 0.240. The van der Waals surface area contributed by atoms with Crippen molar-refractivity contribution in [3.05, 3.63) is 28.0 Å². The van der Waals surface area contributed by atoms with E-state index < -0.39 is 0 Å². The van der Waals surface area contributed by atoms with Crippen LogP contribution in [0.15, 0.2) is 18.2 Å². The highest BCUT2D eigenvalue weighted by Crippen LogP contribution is 2.19. The van der Waals surface area contributed by atoms with Gasteiger partial charge in [0, 0.05) is 11.6 Å². The first-order valence-corrected chi connectivity index (χ1v) is 6.36. The molecule has 0 atom stereocenters. The zero-order chi connectivity index (χ0) is 12.4. The van der Waals surface area contributed by atoms with Crippen molar-refractivity contribution in [1.82, 2.24) is 9.55 Å². The van der Waals surface area contributed by atoms with Crippen LogP contribution in [0.1, 0.15) is 13.8 Å². The van der Waals surface area contributed by atoms with Gasteiger partial charge in [0.15, 0.2) is 4.77 Å². The van der Waals surface area contributed by atoms with E-state index in [1.165, 1.54) is 0 Å². The smallest absolute Gasteiger partial charge is 0.178 e. The van der Waals surface area contributed by atoms with Crippen molar-refractivity contribution in [3.63, 3.8) is 0 Å². The number of halogens is 1. The van der Waals surface area contributed by atoms with Gasteiger partial charge in [-0.15, -0.1) is 0 Å². The fraction of sp³-hybridized carbons (Fsp3) is 0.417. The van der Waals surface area contributed by atoms with Crippen LogP contribution in [0.25, 0.3) is 11.0 Å². The first kappa shape index (κ1) is 12.6. The molecule has 0 saturated heterocycles. The van der Waals surface area contributed by atoms with Gasteiger partial charge < -0.3 is 14.3 Å². The van der Waals surface area contributed by atoms with Crippen molar-refractivity contribution >= 4 is 34.9 Å². The second kappa shape index (κ2) is 5.21. The standard InChI is InChI=1S/C12H15ClN2OS/c1-8(2)16-6-5-15-11-4-3-9(13)7-10(11)14-12(15)17/h3-4,7-8H,5-6H2,1-2H3,(H,14,17). The van der Waals surface area contributed by atoms with Crippen LogP contribution in [-0.4, -0.2) is 22.3 Å². The van der Waals surface area contributed by atoms with Gasteiger partial charge in [0.25, 0.3) is 0 Å². The average Bonchev–Trinajstić information content (AvgIpc) is 2.54. The summed E-state index contributed by atoms with van der Waals surface area (Å²) in [5.74, 6) is 0. The lowest BCUT2D eigenvalue weighted by Gasteiger charge is -2.08. The van der Waals surface area contributed by atoms with Gasteiger partial charge in [-0.1, -0.05) is 11.6 Å². The number of nitrogens with zero attached hydrogens (tertiary/aromatic N) is 1. The van der Waals surface area contributed by atoms with Crippen molar-refractivity contribution in [2.75, 3.05) is 6.61 Å². The summed E-state index contributed by atoms with van der Waals surface area (Å²) in [7, 11) is 0. The first-order valence-electron chi connectivity index (χ1n) is 5.57. The molecule has 2 rings (SSSR count). The van der Waals surface area contributed by atoms with Crippen LogP contribution in [0.5, 0.6) is 0 Å². The van der Waals surface area contributed by atoms with Crippen LogP contribution in [0.4, 0.5) is 0 Å². The topological polar surface area (TPSA) is 29.9 Å². The Hall–Kier alpha value is -0.840. The molecule has 5 heteroatoms. The first-order chi connectivity index (χ1) is 8.08. The molecule has 17 heavy (non-hydrogen) atoms. The van der Waals surface area contributed by atoms with Gasteiger partial charge in [-0.25, -0.2) is 0 Å². The largest absolute Gasteiger partial charge is 0.377 e. The molecule has 0 amide bonds. The molecule has 0 radical (unpaired) electrons. The molecular weight excluding hydrogens is 256 g/mol. The molecule has 1 aromatic carbocycles. The molecular formula is C12H15ClN2OS. The lowest BCUT2D eigenvalue weighted by Crippen LogP contribution is -2.10. The molecule has 0 spiro atoms. The van der Waals surface area contributed by atoms with E-state index in [1.54, 1.807) is 0 Å². The number of rotatable bonds is 4.